The summed E-state index contributed by atoms with van der Waals surface area (Å²) >= 11 is 0. The van der Waals surface area contributed by atoms with Gasteiger partial charge in [-0.05, 0) is 18.6 Å². The molecule has 3 rings (SSSR count). The van der Waals surface area contributed by atoms with E-state index in [1.54, 1.807) is 18.4 Å². The maximum absolute atomic E-state index is 5.66. The Morgan fingerprint density at radius 1 is 1.37 bits per heavy atom. The first-order chi connectivity index (χ1) is 9.28. The summed E-state index contributed by atoms with van der Waals surface area (Å²) in [5, 5.41) is 7.45. The lowest BCUT2D eigenvalue weighted by Crippen LogP contribution is -2.11. The molecule has 0 unspecified atom stereocenters. The molecule has 8 nitrogen and oxygen atoms in total. The third-order valence-corrected chi connectivity index (χ3v) is 2.50. The van der Waals surface area contributed by atoms with Crippen LogP contribution in [0.1, 0.15) is 13.3 Å². The molecule has 0 atom stereocenters. The predicted molar refractivity (Wildman–Crippen MR) is 69.5 cm³/mol. The maximum atomic E-state index is 5.66. The third-order valence-electron chi connectivity index (χ3n) is 2.50. The lowest BCUT2D eigenvalue weighted by molar-refractivity contribution is 0.577. The standard InChI is InChI=1S/C11H13N7O/c1-2-5-13-10-15-9(12)16-11-14-8(17-18(10)11)7-4-3-6-19-7/h3-4,6H,2,5H2,1H3,(H3,12,13,14,15,16,17). The first-order valence-corrected chi connectivity index (χ1v) is 5.96. The second-order valence-electron chi connectivity index (χ2n) is 3.96. The smallest absolute Gasteiger partial charge is 0.259 e. The number of hydrogen-bond donors (Lipinski definition) is 2. The van der Waals surface area contributed by atoms with Gasteiger partial charge in [-0.3, -0.25) is 0 Å². The molecule has 98 valence electrons. The van der Waals surface area contributed by atoms with Gasteiger partial charge < -0.3 is 15.5 Å². The van der Waals surface area contributed by atoms with Crippen molar-refractivity contribution < 1.29 is 4.42 Å². The number of nitrogen functional groups attached to an aromatic ring is 1. The molecule has 8 heteroatoms. The van der Waals surface area contributed by atoms with E-state index in [0.29, 0.717) is 23.3 Å². The summed E-state index contributed by atoms with van der Waals surface area (Å²) in [6, 6.07) is 3.56. The van der Waals surface area contributed by atoms with Crippen molar-refractivity contribution >= 4 is 17.7 Å². The number of nitrogens with zero attached hydrogens (tertiary/aromatic N) is 5. The van der Waals surface area contributed by atoms with Gasteiger partial charge in [-0.15, -0.1) is 5.10 Å². The third kappa shape index (κ3) is 2.07. The van der Waals surface area contributed by atoms with Gasteiger partial charge in [0.25, 0.3) is 5.78 Å². The molecule has 0 aliphatic heterocycles. The Morgan fingerprint density at radius 2 is 2.26 bits per heavy atom. The molecule has 19 heavy (non-hydrogen) atoms. The SMILES string of the molecule is CCCNc1nc(N)nc2nc(-c3ccco3)nn12. The zero-order valence-corrected chi connectivity index (χ0v) is 10.4. The fourth-order valence-electron chi connectivity index (χ4n) is 1.66. The minimum absolute atomic E-state index is 0.157. The molecule has 0 spiro atoms. The Balaban J connectivity index is 2.10. The Hall–Kier alpha value is -2.64. The molecule has 3 N–H and O–H groups in total. The van der Waals surface area contributed by atoms with E-state index >= 15 is 0 Å². The van der Waals surface area contributed by atoms with Gasteiger partial charge in [0.05, 0.1) is 6.26 Å². The lowest BCUT2D eigenvalue weighted by Gasteiger charge is -2.04. The van der Waals surface area contributed by atoms with Crippen molar-refractivity contribution in [2.24, 2.45) is 0 Å². The number of hydrogen-bond acceptors (Lipinski definition) is 7. The highest BCUT2D eigenvalue weighted by atomic mass is 16.3. The minimum atomic E-state index is 0.157. The van der Waals surface area contributed by atoms with E-state index in [-0.39, 0.29) is 5.95 Å². The highest BCUT2D eigenvalue weighted by Gasteiger charge is 2.13. The number of nitrogens with one attached hydrogen (secondary N) is 1. The van der Waals surface area contributed by atoms with E-state index in [0.717, 1.165) is 13.0 Å². The molecule has 0 aliphatic carbocycles. The fourth-order valence-corrected chi connectivity index (χ4v) is 1.66. The summed E-state index contributed by atoms with van der Waals surface area (Å²) < 4.78 is 6.78. The van der Waals surface area contributed by atoms with Gasteiger partial charge in [-0.25, -0.2) is 0 Å². The molecule has 0 radical (unpaired) electrons. The minimum Gasteiger partial charge on any atom is -0.461 e. The molecule has 0 amide bonds. The van der Waals surface area contributed by atoms with Gasteiger partial charge in [0.15, 0.2) is 5.76 Å². The number of rotatable bonds is 4. The van der Waals surface area contributed by atoms with Gasteiger partial charge in [0.1, 0.15) is 0 Å². The van der Waals surface area contributed by atoms with Crippen LogP contribution in [0.15, 0.2) is 22.8 Å². The van der Waals surface area contributed by atoms with Crippen LogP contribution in [-0.2, 0) is 0 Å². The second-order valence-corrected chi connectivity index (χ2v) is 3.96. The monoisotopic (exact) mass is 259 g/mol. The molecule has 3 aromatic heterocycles. The highest BCUT2D eigenvalue weighted by Crippen LogP contribution is 2.17. The first-order valence-electron chi connectivity index (χ1n) is 5.96. The summed E-state index contributed by atoms with van der Waals surface area (Å²) in [7, 11) is 0. The van der Waals surface area contributed by atoms with Crippen LogP contribution >= 0.6 is 0 Å². The molecule has 0 fully saturated rings. The molecule has 0 aliphatic rings. The van der Waals surface area contributed by atoms with Crippen molar-refractivity contribution in [3.63, 3.8) is 0 Å². The van der Waals surface area contributed by atoms with Crippen LogP contribution in [0.3, 0.4) is 0 Å². The van der Waals surface area contributed by atoms with E-state index < -0.39 is 0 Å². The van der Waals surface area contributed by atoms with Crippen LogP contribution in [0.2, 0.25) is 0 Å². The Labute approximate surface area is 108 Å². The molecule has 3 heterocycles. The zero-order chi connectivity index (χ0) is 13.2. The summed E-state index contributed by atoms with van der Waals surface area (Å²) in [6.07, 6.45) is 2.53. The second kappa shape index (κ2) is 4.56. The average molecular weight is 259 g/mol. The number of fused-ring (bicyclic) bond motifs is 1. The van der Waals surface area contributed by atoms with Crippen LogP contribution in [0, 0.1) is 0 Å². The molecule has 0 aromatic carbocycles. The number of anilines is 2. The van der Waals surface area contributed by atoms with Crippen LogP contribution in [0.5, 0.6) is 0 Å². The maximum Gasteiger partial charge on any atom is 0.259 e. The number of aromatic nitrogens is 5. The summed E-state index contributed by atoms with van der Waals surface area (Å²) in [5.74, 6) is 2.09. The quantitative estimate of drug-likeness (QED) is 0.724. The zero-order valence-electron chi connectivity index (χ0n) is 10.4. The van der Waals surface area contributed by atoms with E-state index in [1.165, 1.54) is 4.52 Å². The van der Waals surface area contributed by atoms with Crippen molar-refractivity contribution in [2.45, 2.75) is 13.3 Å². The Kier molecular flexibility index (Phi) is 2.75. The van der Waals surface area contributed by atoms with Crippen LogP contribution in [0.25, 0.3) is 17.4 Å². The fraction of sp³-hybridized carbons (Fsp3) is 0.273. The van der Waals surface area contributed by atoms with Gasteiger partial charge >= 0.3 is 0 Å². The van der Waals surface area contributed by atoms with Gasteiger partial charge in [-0.1, -0.05) is 6.92 Å². The molecular weight excluding hydrogens is 246 g/mol. The number of nitrogens with two attached hydrogens (primary N) is 1. The van der Waals surface area contributed by atoms with E-state index in [9.17, 15) is 0 Å². The summed E-state index contributed by atoms with van der Waals surface area (Å²) in [6.45, 7) is 2.83. The van der Waals surface area contributed by atoms with Gasteiger partial charge in [0, 0.05) is 6.54 Å². The first kappa shape index (κ1) is 11.5. The number of furan rings is 1. The Bertz CT molecular complexity index is 688. The van der Waals surface area contributed by atoms with E-state index in [2.05, 4.69) is 32.3 Å². The normalized spacial score (nSPS) is 11.0. The van der Waals surface area contributed by atoms with Crippen LogP contribution < -0.4 is 11.1 Å². The van der Waals surface area contributed by atoms with Gasteiger partial charge in [0.2, 0.25) is 17.7 Å². The lowest BCUT2D eigenvalue weighted by atomic mass is 10.4. The Morgan fingerprint density at radius 3 is 3.00 bits per heavy atom. The molecule has 0 saturated heterocycles. The van der Waals surface area contributed by atoms with Crippen molar-refractivity contribution in [1.82, 2.24) is 24.6 Å². The van der Waals surface area contributed by atoms with Crippen molar-refractivity contribution in [3.8, 4) is 11.6 Å². The summed E-state index contributed by atoms with van der Waals surface area (Å²) in [4.78, 5) is 12.4. The van der Waals surface area contributed by atoms with Crippen molar-refractivity contribution in [2.75, 3.05) is 17.6 Å². The molecule has 0 bridgehead atoms. The van der Waals surface area contributed by atoms with Crippen molar-refractivity contribution in [3.05, 3.63) is 18.4 Å². The highest BCUT2D eigenvalue weighted by molar-refractivity contribution is 5.52. The predicted octanol–water partition coefficient (Wildman–Crippen LogP) is 1.18. The van der Waals surface area contributed by atoms with E-state index in [1.807, 2.05) is 0 Å². The van der Waals surface area contributed by atoms with Crippen LogP contribution in [0.4, 0.5) is 11.9 Å². The topological polar surface area (TPSA) is 107 Å². The van der Waals surface area contributed by atoms with Crippen LogP contribution in [-0.4, -0.2) is 31.1 Å². The average Bonchev–Trinajstić information content (AvgIpc) is 3.03. The van der Waals surface area contributed by atoms with Crippen molar-refractivity contribution in [1.29, 1.82) is 0 Å². The molecule has 0 saturated carbocycles. The molecule has 3 aromatic rings. The molecular formula is C11H13N7O. The summed E-state index contributed by atoms with van der Waals surface area (Å²) in [5.41, 5.74) is 5.66. The van der Waals surface area contributed by atoms with Gasteiger partial charge in [-0.2, -0.15) is 19.5 Å². The largest absolute Gasteiger partial charge is 0.461 e. The van der Waals surface area contributed by atoms with E-state index in [4.69, 9.17) is 10.2 Å².